The number of ether oxygens (including phenoxy) is 1. The van der Waals surface area contributed by atoms with Gasteiger partial charge in [0.05, 0.1) is 17.1 Å². The van der Waals surface area contributed by atoms with Crippen LogP contribution >= 0.6 is 0 Å². The van der Waals surface area contributed by atoms with Crippen LogP contribution in [0.2, 0.25) is 0 Å². The number of hydrogen-bond acceptors (Lipinski definition) is 8. The van der Waals surface area contributed by atoms with Crippen LogP contribution < -0.4 is 88.2 Å². The van der Waals surface area contributed by atoms with Gasteiger partial charge in [-0.05, 0) is 251 Å². The highest BCUT2D eigenvalue weighted by Gasteiger charge is 2.56. The summed E-state index contributed by atoms with van der Waals surface area (Å²) < 4.78 is 7.50. The molecule has 19 aromatic rings. The molecule has 0 saturated carbocycles. The topological polar surface area (TPSA) is 31.9 Å². The van der Waals surface area contributed by atoms with Crippen molar-refractivity contribution in [1.82, 2.24) is 0 Å². The Balaban J connectivity index is 0.724. The minimum atomic E-state index is -0.293. The van der Waals surface area contributed by atoms with Crippen molar-refractivity contribution >= 4 is 189 Å². The lowest BCUT2D eigenvalue weighted by Crippen LogP contribution is -2.69. The molecule has 0 unspecified atom stereocenters. The Morgan fingerprint density at radius 2 is 0.448 bits per heavy atom. The normalized spacial score (nSPS) is 13.2. The summed E-state index contributed by atoms with van der Waals surface area (Å²) in [5.74, 6) is 1.68. The predicted molar refractivity (Wildman–Crippen MR) is 525 cm³/mol. The van der Waals surface area contributed by atoms with Crippen LogP contribution in [0.25, 0.3) is 44.5 Å². The zero-order chi connectivity index (χ0) is 81.9. The van der Waals surface area contributed by atoms with Crippen molar-refractivity contribution in [3.8, 4) is 56.0 Å². The summed E-state index contributed by atoms with van der Waals surface area (Å²) in [6, 6.07) is 167. The van der Waals surface area contributed by atoms with Crippen LogP contribution in [0.1, 0.15) is 0 Å². The van der Waals surface area contributed by atoms with E-state index in [-0.39, 0.29) is 20.1 Å². The Hall–Kier alpha value is -16.2. The van der Waals surface area contributed by atoms with E-state index in [9.17, 15) is 0 Å². The van der Waals surface area contributed by atoms with Crippen molar-refractivity contribution in [3.63, 3.8) is 0 Å². The van der Waals surface area contributed by atoms with Crippen LogP contribution in [0.15, 0.2) is 449 Å². The van der Waals surface area contributed by atoms with Gasteiger partial charge in [-0.2, -0.15) is 0 Å². The number of rotatable bonds is 14. The van der Waals surface area contributed by atoms with Crippen molar-refractivity contribution in [3.05, 3.63) is 449 Å². The maximum Gasteiger partial charge on any atom is 0.252 e. The smallest absolute Gasteiger partial charge is 0.252 e. The lowest BCUT2D eigenvalue weighted by atomic mass is 9.28. The van der Waals surface area contributed by atoms with Crippen molar-refractivity contribution in [2.24, 2.45) is 0 Å². The first-order valence-corrected chi connectivity index (χ1v) is 43.2. The van der Waals surface area contributed by atoms with Crippen LogP contribution in [0.5, 0.6) is 11.5 Å². The van der Waals surface area contributed by atoms with E-state index in [4.69, 9.17) is 4.74 Å². The number of nitrogens with zero attached hydrogens (tertiary/aromatic N) is 7. The molecule has 0 aliphatic carbocycles. The zero-order valence-corrected chi connectivity index (χ0v) is 68.0. The molecule has 0 bridgehead atoms. The summed E-state index contributed by atoms with van der Waals surface area (Å²) in [7, 11) is 0. The monoisotopic (exact) mass is 1590 g/mol. The molecule has 580 valence electrons. The van der Waals surface area contributed by atoms with E-state index in [1.165, 1.54) is 77.1 Å². The van der Waals surface area contributed by atoms with Gasteiger partial charge in [-0.25, -0.2) is 0 Å². The maximum atomic E-state index is 7.50. The molecule has 7 heterocycles. The van der Waals surface area contributed by atoms with E-state index < -0.39 is 0 Å². The third kappa shape index (κ3) is 11.0. The van der Waals surface area contributed by atoms with Crippen LogP contribution in [-0.4, -0.2) is 20.1 Å². The number of anilines is 21. The van der Waals surface area contributed by atoms with Crippen LogP contribution in [0.3, 0.4) is 0 Å². The average Bonchev–Trinajstić information content (AvgIpc) is 0.658. The summed E-state index contributed by atoms with van der Waals surface area (Å²) in [5.41, 5.74) is 43.1. The largest absolute Gasteiger partial charge is 0.453 e. The molecule has 19 aromatic carbocycles. The van der Waals surface area contributed by atoms with Crippen LogP contribution in [0, 0.1) is 0 Å². The molecule has 0 radical (unpaired) electrons. The van der Waals surface area contributed by atoms with Gasteiger partial charge in [0.15, 0.2) is 11.5 Å². The molecule has 0 N–H and O–H groups in total. The van der Waals surface area contributed by atoms with Crippen molar-refractivity contribution in [2.45, 2.75) is 0 Å². The molecule has 0 spiro atoms. The van der Waals surface area contributed by atoms with E-state index in [1.54, 1.807) is 0 Å². The summed E-state index contributed by atoms with van der Waals surface area (Å²) in [4.78, 5) is 17.9. The van der Waals surface area contributed by atoms with E-state index >= 15 is 0 Å². The SMILES string of the molecule is c1ccc(-c2ccc(N(c3ccc(-c4ccccc4)cc3)c3ccc4c(c3)N(c3ccccc3)c3cc5c6c7c3B4c3cccc4c3N7c3c(cccc3B6c3cc6c(cc3N5c3ccccc3)B3c5ccccc5N(c5ccccc5)c5cc(N(c7ccc(-c8ccccc8)cc7)c7ccc(-c8ccccc8)cc7)cc(c53)N6c3ccccc3)O4)cc2)cc1. The standard InChI is InChI=1S/C114H74B3N7O/c1-9-29-75(30-10-1)79-51-59-87(60-52-79)118(88-61-53-80(54-62-88)76-31-11-2-12-32-76)91-67-68-94-100(69-91)121(84-39-19-6-20-40-84)105-74-106-111-114-110(105)115(94)95-46-27-49-107-112(95)124(114)113-96(47-28-50-108(113)125-107)117(111)98-73-101-97(72-102(98)123(106)86-43-23-8-24-44-86)116-93-45-25-26-48-99(93)120(83-37-17-5-18-38-83)103-70-92(71-104(109(103)116)122(101)85-41-21-7-22-42-85)119(89-63-55-81(56-64-89)77-33-13-3-14-34-77)90-65-57-82(58-66-90)78-35-15-4-16-36-78/h1-74H. The minimum absolute atomic E-state index is 0.228. The summed E-state index contributed by atoms with van der Waals surface area (Å²) in [6.07, 6.45) is 0. The molecule has 0 saturated heterocycles. The molecule has 0 atom stereocenters. The Morgan fingerprint density at radius 1 is 0.168 bits per heavy atom. The van der Waals surface area contributed by atoms with Gasteiger partial charge in [0.2, 0.25) is 0 Å². The quantitative estimate of drug-likeness (QED) is 0.0996. The summed E-state index contributed by atoms with van der Waals surface area (Å²) in [6.45, 7) is -0.775. The second kappa shape index (κ2) is 28.2. The number of para-hydroxylation sites is 7. The fraction of sp³-hybridized carbons (Fsp3) is 0. The second-order valence-electron chi connectivity index (χ2n) is 33.4. The molecule has 0 fully saturated rings. The third-order valence-electron chi connectivity index (χ3n) is 26.7. The molecule has 26 rings (SSSR count). The third-order valence-corrected chi connectivity index (χ3v) is 26.7. The first kappa shape index (κ1) is 70.6. The highest BCUT2D eigenvalue weighted by atomic mass is 16.5. The molecular formula is C114H74B3N7O. The van der Waals surface area contributed by atoms with Gasteiger partial charge in [0.1, 0.15) is 0 Å². The summed E-state index contributed by atoms with van der Waals surface area (Å²) in [5, 5.41) is 0. The van der Waals surface area contributed by atoms with Gasteiger partial charge in [-0.3, -0.25) is 0 Å². The molecule has 11 heteroatoms. The van der Waals surface area contributed by atoms with Crippen LogP contribution in [0.4, 0.5) is 119 Å². The van der Waals surface area contributed by atoms with Gasteiger partial charge < -0.3 is 39.0 Å². The van der Waals surface area contributed by atoms with Gasteiger partial charge in [0, 0.05) is 102 Å². The van der Waals surface area contributed by atoms with Gasteiger partial charge in [-0.15, -0.1) is 0 Å². The molecule has 7 aliphatic heterocycles. The van der Waals surface area contributed by atoms with Crippen LogP contribution in [-0.2, 0) is 0 Å². The highest BCUT2D eigenvalue weighted by Crippen LogP contribution is 2.58. The Bertz CT molecular complexity index is 7350. The number of hydrogen-bond donors (Lipinski definition) is 0. The van der Waals surface area contributed by atoms with E-state index in [0.29, 0.717) is 0 Å². The number of fused-ring (bicyclic) bond motifs is 10. The Labute approximate surface area is 727 Å². The molecular weight excluding hydrogens is 1520 g/mol. The molecule has 0 amide bonds. The summed E-state index contributed by atoms with van der Waals surface area (Å²) >= 11 is 0. The lowest BCUT2D eigenvalue weighted by molar-refractivity contribution is 0.478. The zero-order valence-electron chi connectivity index (χ0n) is 68.0. The molecule has 125 heavy (non-hydrogen) atoms. The van der Waals surface area contributed by atoms with E-state index in [0.717, 1.165) is 148 Å². The molecule has 8 nitrogen and oxygen atoms in total. The second-order valence-corrected chi connectivity index (χ2v) is 33.4. The first-order valence-electron chi connectivity index (χ1n) is 43.2. The highest BCUT2D eigenvalue weighted by molar-refractivity contribution is 7.05. The fourth-order valence-electron chi connectivity index (χ4n) is 21.4. The van der Waals surface area contributed by atoms with Crippen molar-refractivity contribution in [2.75, 3.05) is 34.3 Å². The Morgan fingerprint density at radius 3 is 0.840 bits per heavy atom. The van der Waals surface area contributed by atoms with E-state index in [2.05, 4.69) is 483 Å². The first-order chi connectivity index (χ1) is 62.0. The average molecular weight is 1590 g/mol. The van der Waals surface area contributed by atoms with Gasteiger partial charge in [0.25, 0.3) is 20.1 Å². The molecule has 7 aliphatic rings. The van der Waals surface area contributed by atoms with Crippen molar-refractivity contribution in [1.29, 1.82) is 0 Å². The number of benzene rings is 19. The lowest BCUT2D eigenvalue weighted by Gasteiger charge is -2.52. The van der Waals surface area contributed by atoms with Gasteiger partial charge in [-0.1, -0.05) is 291 Å². The van der Waals surface area contributed by atoms with Gasteiger partial charge >= 0.3 is 0 Å². The fourth-order valence-corrected chi connectivity index (χ4v) is 21.4. The maximum absolute atomic E-state index is 7.50. The van der Waals surface area contributed by atoms with Crippen molar-refractivity contribution < 1.29 is 4.74 Å². The predicted octanol–water partition coefficient (Wildman–Crippen LogP) is 24.2. The van der Waals surface area contributed by atoms with E-state index in [1.807, 2.05) is 0 Å². The Kier molecular flexibility index (Phi) is 15.9. The molecule has 0 aromatic heterocycles. The minimum Gasteiger partial charge on any atom is -0.453 e.